The second-order valence-corrected chi connectivity index (χ2v) is 4.82. The van der Waals surface area contributed by atoms with E-state index in [1.54, 1.807) is 12.1 Å². The summed E-state index contributed by atoms with van der Waals surface area (Å²) >= 11 is 0. The lowest BCUT2D eigenvalue weighted by Gasteiger charge is -2.15. The maximum Gasteiger partial charge on any atom is 0.387 e. The van der Waals surface area contributed by atoms with Gasteiger partial charge in [-0.05, 0) is 25.0 Å². The topological polar surface area (TPSA) is 59.6 Å². The van der Waals surface area contributed by atoms with Gasteiger partial charge in [0.15, 0.2) is 0 Å². The van der Waals surface area contributed by atoms with E-state index in [-0.39, 0.29) is 24.4 Å². The first-order chi connectivity index (χ1) is 10.6. The molecular formula is C15H18F2N2O3. The second-order valence-electron chi connectivity index (χ2n) is 4.82. The molecule has 1 aliphatic carbocycles. The highest BCUT2D eigenvalue weighted by Crippen LogP contribution is 2.26. The van der Waals surface area contributed by atoms with Crippen LogP contribution in [0.2, 0.25) is 0 Å². The number of ether oxygens (including phenoxy) is 2. The van der Waals surface area contributed by atoms with E-state index in [1.165, 1.54) is 13.2 Å². The van der Waals surface area contributed by atoms with Crippen LogP contribution in [-0.4, -0.2) is 25.8 Å². The van der Waals surface area contributed by atoms with Crippen LogP contribution in [0.1, 0.15) is 18.4 Å². The number of carbonyl (C=O) groups is 1. The molecule has 0 spiro atoms. The lowest BCUT2D eigenvalue weighted by molar-refractivity contribution is -0.0505. The molecule has 2 amide bonds. The van der Waals surface area contributed by atoms with Gasteiger partial charge in [-0.25, -0.2) is 4.79 Å². The average Bonchev–Trinajstić information content (AvgIpc) is 2.98. The standard InChI is InChI=1S/C15H18F2N2O3/c1-21-12-7-6-10(13(8-12)22-14(16)17)9-18-15(20)19-11-4-2-3-5-11/h2-3,6-8,11,14H,4-5,9H2,1H3,(H2,18,19,20). The fraction of sp³-hybridized carbons (Fsp3) is 0.400. The van der Waals surface area contributed by atoms with E-state index in [2.05, 4.69) is 15.4 Å². The Balaban J connectivity index is 1.94. The number of alkyl halides is 2. The lowest BCUT2D eigenvalue weighted by atomic mass is 10.2. The molecule has 22 heavy (non-hydrogen) atoms. The fourth-order valence-corrected chi connectivity index (χ4v) is 2.16. The van der Waals surface area contributed by atoms with Crippen LogP contribution in [0, 0.1) is 0 Å². The van der Waals surface area contributed by atoms with Gasteiger partial charge in [-0.2, -0.15) is 8.78 Å². The molecule has 1 aromatic rings. The van der Waals surface area contributed by atoms with E-state index < -0.39 is 6.61 Å². The van der Waals surface area contributed by atoms with Gasteiger partial charge < -0.3 is 20.1 Å². The Hall–Kier alpha value is -2.31. The van der Waals surface area contributed by atoms with Gasteiger partial charge in [0, 0.05) is 24.2 Å². The predicted molar refractivity (Wildman–Crippen MR) is 77.2 cm³/mol. The third-order valence-electron chi connectivity index (χ3n) is 3.27. The highest BCUT2D eigenvalue weighted by atomic mass is 19.3. The van der Waals surface area contributed by atoms with Crippen molar-refractivity contribution in [2.24, 2.45) is 0 Å². The minimum Gasteiger partial charge on any atom is -0.497 e. The third kappa shape index (κ3) is 4.61. The van der Waals surface area contributed by atoms with Gasteiger partial charge in [0.2, 0.25) is 0 Å². The van der Waals surface area contributed by atoms with Gasteiger partial charge in [-0.3, -0.25) is 0 Å². The van der Waals surface area contributed by atoms with Crippen LogP contribution in [0.5, 0.6) is 11.5 Å². The van der Waals surface area contributed by atoms with Gasteiger partial charge in [0.1, 0.15) is 11.5 Å². The molecule has 0 unspecified atom stereocenters. The van der Waals surface area contributed by atoms with Crippen molar-refractivity contribution in [1.82, 2.24) is 10.6 Å². The zero-order valence-electron chi connectivity index (χ0n) is 12.1. The van der Waals surface area contributed by atoms with Crippen LogP contribution < -0.4 is 20.1 Å². The molecule has 2 N–H and O–H groups in total. The van der Waals surface area contributed by atoms with Crippen molar-refractivity contribution < 1.29 is 23.0 Å². The SMILES string of the molecule is COc1ccc(CNC(=O)NC2CC=CC2)c(OC(F)F)c1. The quantitative estimate of drug-likeness (QED) is 0.794. The lowest BCUT2D eigenvalue weighted by Crippen LogP contribution is -2.40. The van der Waals surface area contributed by atoms with Crippen molar-refractivity contribution in [2.45, 2.75) is 32.0 Å². The van der Waals surface area contributed by atoms with E-state index in [1.807, 2.05) is 12.2 Å². The van der Waals surface area contributed by atoms with Crippen molar-refractivity contribution in [3.8, 4) is 11.5 Å². The largest absolute Gasteiger partial charge is 0.497 e. The van der Waals surface area contributed by atoms with Crippen molar-refractivity contribution in [3.05, 3.63) is 35.9 Å². The van der Waals surface area contributed by atoms with Gasteiger partial charge in [-0.15, -0.1) is 0 Å². The van der Waals surface area contributed by atoms with E-state index in [9.17, 15) is 13.6 Å². The van der Waals surface area contributed by atoms with Crippen LogP contribution in [0.4, 0.5) is 13.6 Å². The van der Waals surface area contributed by atoms with Crippen molar-refractivity contribution in [2.75, 3.05) is 7.11 Å². The molecule has 7 heteroatoms. The normalized spacial score (nSPS) is 14.2. The van der Waals surface area contributed by atoms with Crippen LogP contribution in [0.25, 0.3) is 0 Å². The van der Waals surface area contributed by atoms with Gasteiger partial charge >= 0.3 is 12.6 Å². The molecule has 5 nitrogen and oxygen atoms in total. The summed E-state index contributed by atoms with van der Waals surface area (Å²) in [5.41, 5.74) is 0.445. The molecule has 2 rings (SSSR count). The molecule has 0 heterocycles. The predicted octanol–water partition coefficient (Wildman–Crippen LogP) is 2.81. The van der Waals surface area contributed by atoms with E-state index >= 15 is 0 Å². The first kappa shape index (κ1) is 16.1. The highest BCUT2D eigenvalue weighted by Gasteiger charge is 2.15. The molecule has 0 saturated carbocycles. The van der Waals surface area contributed by atoms with Crippen LogP contribution >= 0.6 is 0 Å². The minimum atomic E-state index is -2.94. The van der Waals surface area contributed by atoms with Gasteiger partial charge in [0.25, 0.3) is 0 Å². The van der Waals surface area contributed by atoms with Crippen molar-refractivity contribution >= 4 is 6.03 Å². The molecule has 1 aliphatic rings. The third-order valence-corrected chi connectivity index (χ3v) is 3.27. The maximum atomic E-state index is 12.4. The second kappa shape index (κ2) is 7.63. The number of halogens is 2. The van der Waals surface area contributed by atoms with Gasteiger partial charge in [0.05, 0.1) is 7.11 Å². The Morgan fingerprint density at radius 2 is 2.09 bits per heavy atom. The first-order valence-electron chi connectivity index (χ1n) is 6.89. The fourth-order valence-electron chi connectivity index (χ4n) is 2.16. The van der Waals surface area contributed by atoms with E-state index in [4.69, 9.17) is 4.74 Å². The number of benzene rings is 1. The molecule has 0 fully saturated rings. The zero-order valence-corrected chi connectivity index (χ0v) is 12.1. The summed E-state index contributed by atoms with van der Waals surface area (Å²) in [5.74, 6) is 0.387. The summed E-state index contributed by atoms with van der Waals surface area (Å²) in [4.78, 5) is 11.8. The number of methoxy groups -OCH3 is 1. The van der Waals surface area contributed by atoms with Crippen molar-refractivity contribution in [1.29, 1.82) is 0 Å². The molecule has 0 aliphatic heterocycles. The van der Waals surface area contributed by atoms with Gasteiger partial charge in [-0.1, -0.05) is 12.2 Å². The number of hydrogen-bond acceptors (Lipinski definition) is 3. The average molecular weight is 312 g/mol. The molecule has 120 valence electrons. The highest BCUT2D eigenvalue weighted by molar-refractivity contribution is 5.74. The Bertz CT molecular complexity index is 542. The molecule has 0 bridgehead atoms. The number of carbonyl (C=O) groups excluding carboxylic acids is 1. The number of hydrogen-bond donors (Lipinski definition) is 2. The van der Waals surface area contributed by atoms with E-state index in [0.717, 1.165) is 12.8 Å². The minimum absolute atomic E-state index is 0.0165. The molecule has 0 saturated heterocycles. The number of nitrogens with one attached hydrogen (secondary N) is 2. The summed E-state index contributed by atoms with van der Waals surface area (Å²) in [6.07, 6.45) is 5.61. The van der Waals surface area contributed by atoms with Crippen molar-refractivity contribution in [3.63, 3.8) is 0 Å². The molecular weight excluding hydrogens is 294 g/mol. The smallest absolute Gasteiger partial charge is 0.387 e. The number of urea groups is 1. The Morgan fingerprint density at radius 1 is 1.36 bits per heavy atom. The summed E-state index contributed by atoms with van der Waals surface area (Å²) in [7, 11) is 1.43. The number of amides is 2. The first-order valence-corrected chi connectivity index (χ1v) is 6.89. The van der Waals surface area contributed by atoms with Crippen LogP contribution in [-0.2, 0) is 6.54 Å². The molecule has 1 aromatic carbocycles. The Kier molecular flexibility index (Phi) is 5.57. The summed E-state index contributed by atoms with van der Waals surface area (Å²) in [6.45, 7) is -2.86. The monoisotopic (exact) mass is 312 g/mol. The molecule has 0 atom stereocenters. The Morgan fingerprint density at radius 3 is 2.73 bits per heavy atom. The maximum absolute atomic E-state index is 12.4. The molecule has 0 aromatic heterocycles. The Labute approximate surface area is 127 Å². The van der Waals surface area contributed by atoms with Crippen LogP contribution in [0.15, 0.2) is 30.4 Å². The van der Waals surface area contributed by atoms with E-state index in [0.29, 0.717) is 11.3 Å². The zero-order chi connectivity index (χ0) is 15.9. The summed E-state index contributed by atoms with van der Waals surface area (Å²) in [5, 5.41) is 5.44. The summed E-state index contributed by atoms with van der Waals surface area (Å²) < 4.78 is 34.3. The molecule has 0 radical (unpaired) electrons. The van der Waals surface area contributed by atoms with Crippen LogP contribution in [0.3, 0.4) is 0 Å². The summed E-state index contributed by atoms with van der Waals surface area (Å²) in [6, 6.07) is 4.31. The number of rotatable bonds is 6.